The molecule has 0 saturated carbocycles. The third-order valence-electron chi connectivity index (χ3n) is 14.9. The summed E-state index contributed by atoms with van der Waals surface area (Å²) >= 11 is 0. The van der Waals surface area contributed by atoms with E-state index in [9.17, 15) is 0 Å². The Bertz CT molecular complexity index is 4590. The number of aromatic nitrogens is 6. The molecule has 0 saturated heterocycles. The lowest BCUT2D eigenvalue weighted by Crippen LogP contribution is -2.07. The predicted octanol–water partition coefficient (Wildman–Crippen LogP) is 17.5. The van der Waals surface area contributed by atoms with E-state index in [-0.39, 0.29) is 0 Å². The summed E-state index contributed by atoms with van der Waals surface area (Å²) < 4.78 is 7.25. The summed E-state index contributed by atoms with van der Waals surface area (Å²) in [6.07, 6.45) is 0. The van der Waals surface area contributed by atoms with E-state index < -0.39 is 0 Å². The zero-order chi connectivity index (χ0) is 49.4. The van der Waals surface area contributed by atoms with Crippen molar-refractivity contribution in [2.24, 2.45) is 0 Å². The van der Waals surface area contributed by atoms with Crippen LogP contribution in [-0.4, -0.2) is 28.7 Å². The standard InChI is InChI=1S/C69H44N6/c1-4-23-45(24-5-1)48-34-20-41-62(74-57-38-17-12-31-52(57)53-32-13-18-39-58(53)74)65(48)68-70-67(47-27-8-3-9-28-47)71-69(72-68)66-49(46-25-6-2-7-26-46)35-21-42-63(66)75-59-40-19-14-33-54(59)64-60(43-22-44-61(64)75)73-55-36-15-10-29-50(55)51-30-11-16-37-56(51)73/h1-44H. The highest BCUT2D eigenvalue weighted by molar-refractivity contribution is 6.17. The summed E-state index contributed by atoms with van der Waals surface area (Å²) in [7, 11) is 0. The highest BCUT2D eigenvalue weighted by atomic mass is 15.1. The summed E-state index contributed by atoms with van der Waals surface area (Å²) in [5, 5.41) is 7.11. The molecule has 6 nitrogen and oxygen atoms in total. The van der Waals surface area contributed by atoms with Crippen molar-refractivity contribution in [1.82, 2.24) is 28.7 Å². The molecule has 0 spiro atoms. The Kier molecular flexibility index (Phi) is 9.78. The molecule has 0 aliphatic heterocycles. The third-order valence-corrected chi connectivity index (χ3v) is 14.9. The van der Waals surface area contributed by atoms with Gasteiger partial charge < -0.3 is 13.7 Å². The van der Waals surface area contributed by atoms with Crippen LogP contribution in [-0.2, 0) is 0 Å². The lowest BCUT2D eigenvalue weighted by Gasteiger charge is -2.20. The Morgan fingerprint density at radius 1 is 0.213 bits per heavy atom. The number of para-hydroxylation sites is 5. The molecule has 15 rings (SSSR count). The quantitative estimate of drug-likeness (QED) is 0.152. The fraction of sp³-hybridized carbons (Fsp3) is 0. The van der Waals surface area contributed by atoms with Crippen LogP contribution in [0.1, 0.15) is 0 Å². The molecular formula is C69H44N6. The van der Waals surface area contributed by atoms with Gasteiger partial charge in [-0.25, -0.2) is 15.0 Å². The highest BCUT2D eigenvalue weighted by Gasteiger charge is 2.27. The van der Waals surface area contributed by atoms with Crippen molar-refractivity contribution in [3.05, 3.63) is 267 Å². The Labute approximate surface area is 432 Å². The van der Waals surface area contributed by atoms with E-state index in [4.69, 9.17) is 15.0 Å². The fourth-order valence-electron chi connectivity index (χ4n) is 11.8. The molecule has 4 aromatic heterocycles. The summed E-state index contributed by atoms with van der Waals surface area (Å²) in [5.41, 5.74) is 16.6. The van der Waals surface area contributed by atoms with Crippen LogP contribution in [0.15, 0.2) is 267 Å². The summed E-state index contributed by atoms with van der Waals surface area (Å²) in [5.74, 6) is 1.71. The molecule has 75 heavy (non-hydrogen) atoms. The van der Waals surface area contributed by atoms with E-state index in [0.29, 0.717) is 17.5 Å². The molecule has 0 amide bonds. The first kappa shape index (κ1) is 42.5. The van der Waals surface area contributed by atoms with Gasteiger partial charge in [0.1, 0.15) is 0 Å². The van der Waals surface area contributed by atoms with Crippen LogP contribution in [0.3, 0.4) is 0 Å². The smallest absolute Gasteiger partial charge is 0.166 e. The van der Waals surface area contributed by atoms with Crippen LogP contribution >= 0.6 is 0 Å². The molecule has 11 aromatic carbocycles. The van der Waals surface area contributed by atoms with E-state index in [1.165, 1.54) is 21.5 Å². The lowest BCUT2D eigenvalue weighted by atomic mass is 9.95. The average Bonchev–Trinajstić information content (AvgIpc) is 4.16. The highest BCUT2D eigenvalue weighted by Crippen LogP contribution is 2.46. The molecule has 15 aromatic rings. The molecule has 0 radical (unpaired) electrons. The molecule has 0 aliphatic carbocycles. The summed E-state index contributed by atoms with van der Waals surface area (Å²) in [4.78, 5) is 17.0. The topological polar surface area (TPSA) is 53.5 Å². The monoisotopic (exact) mass is 956 g/mol. The van der Waals surface area contributed by atoms with Crippen molar-refractivity contribution in [2.45, 2.75) is 0 Å². The van der Waals surface area contributed by atoms with E-state index in [1.54, 1.807) is 0 Å². The SMILES string of the molecule is c1ccc(-c2nc(-c3c(-c4ccccc4)cccc3-n3c4ccccc4c4ccccc43)nc(-c3c(-c4ccccc4)cccc3-n3c4ccccc4c4c(-n5c6ccccc6c6ccccc65)cccc43)n2)cc1. The van der Waals surface area contributed by atoms with E-state index in [0.717, 1.165) is 99.9 Å². The van der Waals surface area contributed by atoms with Crippen molar-refractivity contribution in [2.75, 3.05) is 0 Å². The van der Waals surface area contributed by atoms with Crippen LogP contribution in [0.5, 0.6) is 0 Å². The zero-order valence-corrected chi connectivity index (χ0v) is 40.6. The Morgan fingerprint density at radius 2 is 0.520 bits per heavy atom. The van der Waals surface area contributed by atoms with Gasteiger partial charge in [-0.05, 0) is 76.9 Å². The van der Waals surface area contributed by atoms with Crippen LogP contribution in [0.25, 0.3) is 139 Å². The number of hydrogen-bond acceptors (Lipinski definition) is 3. The second kappa shape index (κ2) is 17.3. The van der Waals surface area contributed by atoms with Gasteiger partial charge in [0, 0.05) is 37.9 Å². The Balaban J connectivity index is 1.06. The molecule has 0 unspecified atom stereocenters. The largest absolute Gasteiger partial charge is 0.309 e. The van der Waals surface area contributed by atoms with Crippen molar-refractivity contribution in [1.29, 1.82) is 0 Å². The molecule has 350 valence electrons. The number of nitrogens with zero attached hydrogens (tertiary/aromatic N) is 6. The van der Waals surface area contributed by atoms with Gasteiger partial charge in [0.15, 0.2) is 17.5 Å². The first-order valence-corrected chi connectivity index (χ1v) is 25.5. The maximum Gasteiger partial charge on any atom is 0.166 e. The molecule has 6 heteroatoms. The van der Waals surface area contributed by atoms with E-state index >= 15 is 0 Å². The molecule has 0 N–H and O–H groups in total. The normalized spacial score (nSPS) is 11.7. The van der Waals surface area contributed by atoms with Crippen LogP contribution in [0.4, 0.5) is 0 Å². The van der Waals surface area contributed by atoms with Gasteiger partial charge >= 0.3 is 0 Å². The molecule has 4 heterocycles. The van der Waals surface area contributed by atoms with Crippen LogP contribution < -0.4 is 0 Å². The minimum absolute atomic E-state index is 0.564. The van der Waals surface area contributed by atoms with Crippen LogP contribution in [0, 0.1) is 0 Å². The van der Waals surface area contributed by atoms with Crippen molar-refractivity contribution >= 4 is 65.4 Å². The van der Waals surface area contributed by atoms with E-state index in [1.807, 2.05) is 6.07 Å². The molecular weight excluding hydrogens is 913 g/mol. The molecule has 0 atom stereocenters. The van der Waals surface area contributed by atoms with Gasteiger partial charge in [-0.15, -0.1) is 0 Å². The van der Waals surface area contributed by atoms with Crippen molar-refractivity contribution in [3.8, 4) is 73.5 Å². The average molecular weight is 957 g/mol. The van der Waals surface area contributed by atoms with Gasteiger partial charge in [0.25, 0.3) is 0 Å². The minimum atomic E-state index is 0.564. The lowest BCUT2D eigenvalue weighted by molar-refractivity contribution is 1.06. The van der Waals surface area contributed by atoms with E-state index in [2.05, 4.69) is 275 Å². The van der Waals surface area contributed by atoms with Crippen molar-refractivity contribution in [3.63, 3.8) is 0 Å². The summed E-state index contributed by atoms with van der Waals surface area (Å²) in [6.45, 7) is 0. The Hall–Kier alpha value is -10.2. The van der Waals surface area contributed by atoms with Gasteiger partial charge in [-0.3, -0.25) is 0 Å². The van der Waals surface area contributed by atoms with Gasteiger partial charge in [0.05, 0.1) is 61.3 Å². The summed E-state index contributed by atoms with van der Waals surface area (Å²) in [6, 6.07) is 95.1. The predicted molar refractivity (Wildman–Crippen MR) is 310 cm³/mol. The molecule has 0 bridgehead atoms. The molecule has 0 aliphatic rings. The van der Waals surface area contributed by atoms with Gasteiger partial charge in [-0.1, -0.05) is 212 Å². The Morgan fingerprint density at radius 3 is 0.973 bits per heavy atom. The maximum absolute atomic E-state index is 5.81. The van der Waals surface area contributed by atoms with Crippen molar-refractivity contribution < 1.29 is 0 Å². The van der Waals surface area contributed by atoms with Gasteiger partial charge in [-0.2, -0.15) is 0 Å². The number of fused-ring (bicyclic) bond motifs is 9. The minimum Gasteiger partial charge on any atom is -0.309 e. The third kappa shape index (κ3) is 6.70. The number of benzene rings is 11. The maximum atomic E-state index is 5.81. The van der Waals surface area contributed by atoms with Gasteiger partial charge in [0.2, 0.25) is 0 Å². The second-order valence-corrected chi connectivity index (χ2v) is 19.1. The first-order valence-electron chi connectivity index (χ1n) is 25.5. The molecule has 0 fully saturated rings. The zero-order valence-electron chi connectivity index (χ0n) is 40.6. The second-order valence-electron chi connectivity index (χ2n) is 19.1. The first-order chi connectivity index (χ1) is 37.3. The number of rotatable bonds is 8. The number of hydrogen-bond donors (Lipinski definition) is 0. The van der Waals surface area contributed by atoms with Crippen LogP contribution in [0.2, 0.25) is 0 Å². The fourth-order valence-corrected chi connectivity index (χ4v) is 11.8.